The summed E-state index contributed by atoms with van der Waals surface area (Å²) in [5, 5.41) is 5.21. The molecule has 0 unspecified atom stereocenters. The van der Waals surface area contributed by atoms with Gasteiger partial charge in [-0.25, -0.2) is 9.97 Å². The van der Waals surface area contributed by atoms with Crippen molar-refractivity contribution in [3.8, 4) is 11.4 Å². The van der Waals surface area contributed by atoms with Crippen molar-refractivity contribution in [2.24, 2.45) is 5.10 Å². The number of hydrazone groups is 1. The van der Waals surface area contributed by atoms with Crippen molar-refractivity contribution in [3.05, 3.63) is 89.1 Å². The molecule has 0 saturated heterocycles. The Bertz CT molecular complexity index is 964. The molecule has 0 spiro atoms. The Morgan fingerprint density at radius 1 is 1.11 bits per heavy atom. The molecule has 136 valence electrons. The highest BCUT2D eigenvalue weighted by molar-refractivity contribution is 6.30. The molecule has 1 N–H and O–H groups in total. The molecule has 0 atom stereocenters. The molecule has 0 saturated carbocycles. The van der Waals surface area contributed by atoms with Gasteiger partial charge in [-0.1, -0.05) is 60.1 Å². The highest BCUT2D eigenvalue weighted by atomic mass is 35.5. The van der Waals surface area contributed by atoms with E-state index in [1.807, 2.05) is 74.5 Å². The number of allylic oxidation sites excluding steroid dienone is 1. The third-order valence-corrected chi connectivity index (χ3v) is 4.44. The Hall–Kier alpha value is -2.98. The maximum Gasteiger partial charge on any atom is 0.161 e. The maximum absolute atomic E-state index is 5.96. The van der Waals surface area contributed by atoms with E-state index in [1.165, 1.54) is 0 Å². The van der Waals surface area contributed by atoms with E-state index >= 15 is 0 Å². The number of rotatable bonds is 6. The summed E-state index contributed by atoms with van der Waals surface area (Å²) in [7, 11) is 0. The lowest BCUT2D eigenvalue weighted by atomic mass is 10.1. The lowest BCUT2D eigenvalue weighted by Crippen LogP contribution is -2.07. The maximum atomic E-state index is 5.96. The van der Waals surface area contributed by atoms with E-state index in [0.717, 1.165) is 28.1 Å². The van der Waals surface area contributed by atoms with Crippen molar-refractivity contribution in [1.29, 1.82) is 0 Å². The van der Waals surface area contributed by atoms with Crippen molar-refractivity contribution in [2.45, 2.75) is 20.3 Å². The predicted molar refractivity (Wildman–Crippen MR) is 113 cm³/mol. The van der Waals surface area contributed by atoms with Crippen molar-refractivity contribution < 1.29 is 0 Å². The molecule has 4 nitrogen and oxygen atoms in total. The number of hydrogen-bond donors (Lipinski definition) is 1. The Morgan fingerprint density at radius 3 is 2.48 bits per heavy atom. The first-order valence-corrected chi connectivity index (χ1v) is 9.06. The molecule has 0 amide bonds. The molecule has 0 aliphatic carbocycles. The zero-order valence-corrected chi connectivity index (χ0v) is 16.2. The average molecular weight is 377 g/mol. The van der Waals surface area contributed by atoms with Crippen LogP contribution in [0.15, 0.2) is 72.4 Å². The first-order valence-electron chi connectivity index (χ1n) is 8.68. The van der Waals surface area contributed by atoms with Gasteiger partial charge in [-0.05, 0) is 38.0 Å². The third kappa shape index (κ3) is 4.60. The second-order valence-corrected chi connectivity index (χ2v) is 6.57. The monoisotopic (exact) mass is 376 g/mol. The fraction of sp³-hybridized carbons (Fsp3) is 0.136. The zero-order valence-electron chi connectivity index (χ0n) is 15.4. The molecule has 1 heterocycles. The van der Waals surface area contributed by atoms with Crippen LogP contribution >= 0.6 is 11.6 Å². The standard InChI is InChI=1S/C22H21ClN4/c1-4-8-20-16(3)24-21(18-9-6-5-7-10-18)25-22(20)27-26-15(2)17-11-13-19(23)14-12-17/h4-7,9-14H,1,8H2,2-3H3,(H,24,25,27)/b26-15-. The molecule has 1 aromatic heterocycles. The Balaban J connectivity index is 1.96. The zero-order chi connectivity index (χ0) is 19.2. The molecule has 27 heavy (non-hydrogen) atoms. The van der Waals surface area contributed by atoms with Gasteiger partial charge in [-0.2, -0.15) is 5.10 Å². The number of nitrogens with zero attached hydrogens (tertiary/aromatic N) is 3. The van der Waals surface area contributed by atoms with Gasteiger partial charge in [0.05, 0.1) is 5.71 Å². The largest absolute Gasteiger partial charge is 0.261 e. The van der Waals surface area contributed by atoms with Crippen LogP contribution in [-0.2, 0) is 6.42 Å². The SMILES string of the molecule is C=CCc1c(C)nc(-c2ccccc2)nc1N/N=C(/C)c1ccc(Cl)cc1. The van der Waals surface area contributed by atoms with Gasteiger partial charge in [0.2, 0.25) is 0 Å². The summed E-state index contributed by atoms with van der Waals surface area (Å²) in [6, 6.07) is 17.5. The van der Waals surface area contributed by atoms with Gasteiger partial charge in [0.25, 0.3) is 0 Å². The summed E-state index contributed by atoms with van der Waals surface area (Å²) in [6.45, 7) is 7.76. The van der Waals surface area contributed by atoms with E-state index in [9.17, 15) is 0 Å². The first-order chi connectivity index (χ1) is 13.1. The molecular weight excluding hydrogens is 356 g/mol. The van der Waals surface area contributed by atoms with Gasteiger partial charge in [0.15, 0.2) is 11.6 Å². The van der Waals surface area contributed by atoms with E-state index in [-0.39, 0.29) is 0 Å². The molecule has 3 rings (SSSR count). The molecule has 0 bridgehead atoms. The fourth-order valence-corrected chi connectivity index (χ4v) is 2.81. The molecule has 2 aromatic carbocycles. The van der Waals surface area contributed by atoms with Crippen molar-refractivity contribution in [1.82, 2.24) is 9.97 Å². The minimum atomic E-state index is 0.665. The number of aromatic nitrogens is 2. The highest BCUT2D eigenvalue weighted by Gasteiger charge is 2.12. The number of hydrogen-bond acceptors (Lipinski definition) is 4. The smallest absolute Gasteiger partial charge is 0.161 e. The number of anilines is 1. The summed E-state index contributed by atoms with van der Waals surface area (Å²) in [4.78, 5) is 9.36. The van der Waals surface area contributed by atoms with Gasteiger partial charge in [-0.3, -0.25) is 5.43 Å². The summed E-state index contributed by atoms with van der Waals surface area (Å²) in [5.41, 5.74) is 7.81. The Labute approximate surface area is 164 Å². The first kappa shape index (κ1) is 18.8. The van der Waals surface area contributed by atoms with Crippen LogP contribution in [0.1, 0.15) is 23.7 Å². The summed E-state index contributed by atoms with van der Waals surface area (Å²) in [5.74, 6) is 1.36. The second-order valence-electron chi connectivity index (χ2n) is 6.13. The van der Waals surface area contributed by atoms with Crippen LogP contribution in [0.5, 0.6) is 0 Å². The predicted octanol–water partition coefficient (Wildman–Crippen LogP) is 5.67. The summed E-state index contributed by atoms with van der Waals surface area (Å²) >= 11 is 5.96. The summed E-state index contributed by atoms with van der Waals surface area (Å²) in [6.07, 6.45) is 2.51. The van der Waals surface area contributed by atoms with Crippen LogP contribution in [0.2, 0.25) is 5.02 Å². The van der Waals surface area contributed by atoms with Crippen LogP contribution in [-0.4, -0.2) is 15.7 Å². The van der Waals surface area contributed by atoms with Gasteiger partial charge < -0.3 is 0 Å². The Kier molecular flexibility index (Phi) is 5.99. The molecule has 0 radical (unpaired) electrons. The lowest BCUT2D eigenvalue weighted by molar-refractivity contribution is 1.03. The van der Waals surface area contributed by atoms with Crippen molar-refractivity contribution in [2.75, 3.05) is 5.43 Å². The van der Waals surface area contributed by atoms with Crippen LogP contribution < -0.4 is 5.43 Å². The molecule has 0 aliphatic rings. The number of aryl methyl sites for hydroxylation is 1. The summed E-state index contributed by atoms with van der Waals surface area (Å²) < 4.78 is 0. The second kappa shape index (κ2) is 8.60. The topological polar surface area (TPSA) is 50.2 Å². The average Bonchev–Trinajstić information content (AvgIpc) is 2.69. The lowest BCUT2D eigenvalue weighted by Gasteiger charge is -2.12. The molecular formula is C22H21ClN4. The highest BCUT2D eigenvalue weighted by Crippen LogP contribution is 2.23. The van der Waals surface area contributed by atoms with E-state index in [2.05, 4.69) is 22.1 Å². The van der Waals surface area contributed by atoms with Gasteiger partial charge in [-0.15, -0.1) is 6.58 Å². The molecule has 0 aliphatic heterocycles. The molecule has 5 heteroatoms. The molecule has 0 fully saturated rings. The van der Waals surface area contributed by atoms with Crippen LogP contribution in [0.4, 0.5) is 5.82 Å². The fourth-order valence-electron chi connectivity index (χ4n) is 2.69. The number of nitrogens with one attached hydrogen (secondary N) is 1. The van der Waals surface area contributed by atoms with Crippen LogP contribution in [0.3, 0.4) is 0 Å². The van der Waals surface area contributed by atoms with Crippen molar-refractivity contribution in [3.63, 3.8) is 0 Å². The van der Waals surface area contributed by atoms with Gasteiger partial charge in [0, 0.05) is 21.8 Å². The van der Waals surface area contributed by atoms with Crippen LogP contribution in [0.25, 0.3) is 11.4 Å². The van der Waals surface area contributed by atoms with E-state index in [1.54, 1.807) is 0 Å². The molecule has 3 aromatic rings. The number of benzene rings is 2. The van der Waals surface area contributed by atoms with E-state index in [4.69, 9.17) is 16.6 Å². The Morgan fingerprint density at radius 2 is 1.81 bits per heavy atom. The minimum absolute atomic E-state index is 0.665. The van der Waals surface area contributed by atoms with Gasteiger partial charge in [0.1, 0.15) is 0 Å². The van der Waals surface area contributed by atoms with Crippen molar-refractivity contribution >= 4 is 23.1 Å². The minimum Gasteiger partial charge on any atom is -0.261 e. The van der Waals surface area contributed by atoms with Gasteiger partial charge >= 0.3 is 0 Å². The quantitative estimate of drug-likeness (QED) is 0.342. The van der Waals surface area contributed by atoms with Crippen LogP contribution in [0, 0.1) is 6.92 Å². The third-order valence-electron chi connectivity index (χ3n) is 4.19. The normalized spacial score (nSPS) is 11.3. The number of halogens is 1. The van der Waals surface area contributed by atoms with E-state index in [0.29, 0.717) is 23.1 Å². The van der Waals surface area contributed by atoms with E-state index < -0.39 is 0 Å².